The highest BCUT2D eigenvalue weighted by Crippen LogP contribution is 1.92. The van der Waals surface area contributed by atoms with Gasteiger partial charge in [0.25, 0.3) is 0 Å². The van der Waals surface area contributed by atoms with E-state index in [0.717, 1.165) is 0 Å². The molecule has 0 heterocycles. The Bertz CT molecular complexity index is 188. The molecule has 0 radical (unpaired) electrons. The Kier molecular flexibility index (Phi) is 4.63. The van der Waals surface area contributed by atoms with Gasteiger partial charge in [0.2, 0.25) is 0 Å². The molecule has 0 amide bonds. The van der Waals surface area contributed by atoms with Gasteiger partial charge < -0.3 is 10.5 Å². The van der Waals surface area contributed by atoms with E-state index in [0.29, 0.717) is 6.61 Å². The first kappa shape index (κ1) is 10.9. The Morgan fingerprint density at radius 2 is 2.09 bits per heavy atom. The fourth-order valence-corrected chi connectivity index (χ4v) is 1.69. The second kappa shape index (κ2) is 4.69. The van der Waals surface area contributed by atoms with E-state index in [1.165, 1.54) is 7.11 Å². The van der Waals surface area contributed by atoms with Gasteiger partial charge >= 0.3 is 0 Å². The third-order valence-electron chi connectivity index (χ3n) is 1.29. The first-order chi connectivity index (χ1) is 5.02. The van der Waals surface area contributed by atoms with E-state index in [1.54, 1.807) is 6.92 Å². The maximum atomic E-state index is 10.9. The quantitative estimate of drug-likeness (QED) is 0.614. The van der Waals surface area contributed by atoms with Crippen molar-refractivity contribution in [1.82, 2.24) is 0 Å². The lowest BCUT2D eigenvalue weighted by Gasteiger charge is -2.08. The Morgan fingerprint density at radius 1 is 1.55 bits per heavy atom. The van der Waals surface area contributed by atoms with Crippen LogP contribution < -0.4 is 5.73 Å². The molecular weight excluding hydrogens is 166 g/mol. The standard InChI is InChI=1S/C6H15NO3S/c1-3-11(8,9)5-6(7)4-10-2/h6H,3-5,7H2,1-2H3. The molecule has 68 valence electrons. The van der Waals surface area contributed by atoms with Crippen LogP contribution in [-0.2, 0) is 14.6 Å². The van der Waals surface area contributed by atoms with Crippen LogP contribution in [0.4, 0.5) is 0 Å². The van der Waals surface area contributed by atoms with E-state index in [9.17, 15) is 8.42 Å². The predicted molar refractivity (Wildman–Crippen MR) is 44.2 cm³/mol. The molecule has 0 aliphatic heterocycles. The van der Waals surface area contributed by atoms with Crippen LogP contribution in [0.3, 0.4) is 0 Å². The van der Waals surface area contributed by atoms with E-state index in [2.05, 4.69) is 0 Å². The lowest BCUT2D eigenvalue weighted by atomic mass is 10.4. The van der Waals surface area contributed by atoms with Gasteiger partial charge in [-0.1, -0.05) is 6.92 Å². The average Bonchev–Trinajstić information content (AvgIpc) is 1.87. The van der Waals surface area contributed by atoms with E-state index >= 15 is 0 Å². The zero-order chi connectivity index (χ0) is 8.91. The summed E-state index contributed by atoms with van der Waals surface area (Å²) in [5, 5.41) is 0. The number of ether oxygens (including phenoxy) is 1. The van der Waals surface area contributed by atoms with Gasteiger partial charge in [0.1, 0.15) is 0 Å². The predicted octanol–water partition coefficient (Wildman–Crippen LogP) is -0.605. The highest BCUT2D eigenvalue weighted by molar-refractivity contribution is 7.91. The van der Waals surface area contributed by atoms with Crippen molar-refractivity contribution in [2.45, 2.75) is 13.0 Å². The highest BCUT2D eigenvalue weighted by atomic mass is 32.2. The summed E-state index contributed by atoms with van der Waals surface area (Å²) in [7, 11) is -1.45. The van der Waals surface area contributed by atoms with Gasteiger partial charge in [-0.25, -0.2) is 8.42 Å². The van der Waals surface area contributed by atoms with Crippen LogP contribution in [0.2, 0.25) is 0 Å². The summed E-state index contributed by atoms with van der Waals surface area (Å²) in [6, 6.07) is -0.398. The molecule has 11 heavy (non-hydrogen) atoms. The zero-order valence-corrected chi connectivity index (χ0v) is 7.73. The van der Waals surface area contributed by atoms with Crippen LogP contribution in [-0.4, -0.2) is 39.7 Å². The number of hydrogen-bond donors (Lipinski definition) is 1. The van der Waals surface area contributed by atoms with E-state index in [1.807, 2.05) is 0 Å². The molecule has 0 saturated heterocycles. The molecule has 0 aromatic rings. The molecule has 4 nitrogen and oxygen atoms in total. The molecule has 0 aliphatic carbocycles. The Morgan fingerprint density at radius 3 is 2.45 bits per heavy atom. The summed E-state index contributed by atoms with van der Waals surface area (Å²) >= 11 is 0. The van der Waals surface area contributed by atoms with Crippen LogP contribution in [0.5, 0.6) is 0 Å². The molecule has 0 fully saturated rings. The van der Waals surface area contributed by atoms with Gasteiger partial charge in [-0.05, 0) is 0 Å². The average molecular weight is 181 g/mol. The van der Waals surface area contributed by atoms with E-state index in [4.69, 9.17) is 10.5 Å². The normalized spacial score (nSPS) is 14.8. The van der Waals surface area contributed by atoms with Crippen molar-refractivity contribution in [2.24, 2.45) is 5.73 Å². The first-order valence-electron chi connectivity index (χ1n) is 3.46. The lowest BCUT2D eigenvalue weighted by molar-refractivity contribution is 0.186. The van der Waals surface area contributed by atoms with Crippen LogP contribution in [0.1, 0.15) is 6.92 Å². The summed E-state index contributed by atoms with van der Waals surface area (Å²) in [5.74, 6) is 0.155. The molecule has 0 saturated carbocycles. The van der Waals surface area contributed by atoms with Crippen LogP contribution in [0.15, 0.2) is 0 Å². The molecular formula is C6H15NO3S. The third-order valence-corrected chi connectivity index (χ3v) is 3.10. The van der Waals surface area contributed by atoms with Crippen molar-refractivity contribution in [2.75, 3.05) is 25.2 Å². The topological polar surface area (TPSA) is 69.4 Å². The van der Waals surface area contributed by atoms with Crippen molar-refractivity contribution in [3.63, 3.8) is 0 Å². The number of methoxy groups -OCH3 is 1. The minimum absolute atomic E-state index is 0.0112. The van der Waals surface area contributed by atoms with Crippen LogP contribution >= 0.6 is 0 Å². The SMILES string of the molecule is CCS(=O)(=O)CC(N)COC. The minimum Gasteiger partial charge on any atom is -0.383 e. The summed E-state index contributed by atoms with van der Waals surface area (Å²) < 4.78 is 26.6. The summed E-state index contributed by atoms with van der Waals surface area (Å²) in [4.78, 5) is 0. The fourth-order valence-electron chi connectivity index (χ4n) is 0.706. The maximum Gasteiger partial charge on any atom is 0.151 e. The van der Waals surface area contributed by atoms with Gasteiger partial charge in [0.05, 0.1) is 12.4 Å². The van der Waals surface area contributed by atoms with Crippen molar-refractivity contribution in [1.29, 1.82) is 0 Å². The van der Waals surface area contributed by atoms with Gasteiger partial charge in [-0.2, -0.15) is 0 Å². The molecule has 5 heteroatoms. The Labute approximate surface area is 67.6 Å². The maximum absolute atomic E-state index is 10.9. The van der Waals surface area contributed by atoms with Crippen LogP contribution in [0, 0.1) is 0 Å². The molecule has 2 N–H and O–H groups in total. The highest BCUT2D eigenvalue weighted by Gasteiger charge is 2.13. The molecule has 0 aliphatic rings. The second-order valence-corrected chi connectivity index (χ2v) is 4.81. The fraction of sp³-hybridized carbons (Fsp3) is 1.00. The van der Waals surface area contributed by atoms with E-state index < -0.39 is 15.9 Å². The monoisotopic (exact) mass is 181 g/mol. The Hall–Kier alpha value is -0.130. The van der Waals surface area contributed by atoms with Gasteiger partial charge in [-0.3, -0.25) is 0 Å². The summed E-state index contributed by atoms with van der Waals surface area (Å²) in [6.07, 6.45) is 0. The number of sulfone groups is 1. The van der Waals surface area contributed by atoms with Gasteiger partial charge in [0, 0.05) is 18.9 Å². The van der Waals surface area contributed by atoms with Crippen molar-refractivity contribution in [3.8, 4) is 0 Å². The summed E-state index contributed by atoms with van der Waals surface area (Å²) in [6.45, 7) is 1.90. The second-order valence-electron chi connectivity index (χ2n) is 2.41. The molecule has 0 rings (SSSR count). The molecule has 0 spiro atoms. The largest absolute Gasteiger partial charge is 0.383 e. The van der Waals surface area contributed by atoms with E-state index in [-0.39, 0.29) is 11.5 Å². The molecule has 0 bridgehead atoms. The molecule has 0 aromatic heterocycles. The number of rotatable bonds is 5. The lowest BCUT2D eigenvalue weighted by Crippen LogP contribution is -2.34. The van der Waals surface area contributed by atoms with Crippen molar-refractivity contribution >= 4 is 9.84 Å². The minimum atomic E-state index is -2.95. The van der Waals surface area contributed by atoms with Crippen molar-refractivity contribution < 1.29 is 13.2 Å². The van der Waals surface area contributed by atoms with Gasteiger partial charge in [0.15, 0.2) is 9.84 Å². The number of hydrogen-bond acceptors (Lipinski definition) is 4. The zero-order valence-electron chi connectivity index (χ0n) is 6.91. The van der Waals surface area contributed by atoms with Gasteiger partial charge in [-0.15, -0.1) is 0 Å². The molecule has 1 unspecified atom stereocenters. The van der Waals surface area contributed by atoms with Crippen molar-refractivity contribution in [3.05, 3.63) is 0 Å². The third kappa shape index (κ3) is 5.17. The van der Waals surface area contributed by atoms with Crippen LogP contribution in [0.25, 0.3) is 0 Å². The first-order valence-corrected chi connectivity index (χ1v) is 5.29. The smallest absolute Gasteiger partial charge is 0.151 e. The molecule has 1 atom stereocenters. The molecule has 0 aromatic carbocycles. The number of nitrogens with two attached hydrogens (primary N) is 1. The Balaban J connectivity index is 3.84. The summed E-state index contributed by atoms with van der Waals surface area (Å²) in [5.41, 5.74) is 5.44.